The van der Waals surface area contributed by atoms with Gasteiger partial charge in [0.25, 0.3) is 0 Å². The summed E-state index contributed by atoms with van der Waals surface area (Å²) < 4.78 is 13.0. The van der Waals surface area contributed by atoms with Crippen LogP contribution in [0.2, 0.25) is 0 Å². The van der Waals surface area contributed by atoms with Crippen molar-refractivity contribution in [1.82, 2.24) is 24.6 Å². The van der Waals surface area contributed by atoms with Crippen LogP contribution in [-0.2, 0) is 17.8 Å². The lowest BCUT2D eigenvalue weighted by atomic mass is 9.96. The molecule has 6 rings (SSSR count). The van der Waals surface area contributed by atoms with E-state index in [2.05, 4.69) is 20.4 Å². The van der Waals surface area contributed by atoms with E-state index in [0.717, 1.165) is 40.8 Å². The van der Waals surface area contributed by atoms with Gasteiger partial charge in [0.1, 0.15) is 17.8 Å². The van der Waals surface area contributed by atoms with Crippen LogP contribution < -0.4 is 15.8 Å². The topological polar surface area (TPSA) is 141 Å². The number of benzene rings is 1. The second kappa shape index (κ2) is 8.95. The van der Waals surface area contributed by atoms with E-state index in [4.69, 9.17) is 15.0 Å². The molecule has 0 spiro atoms. The van der Waals surface area contributed by atoms with Gasteiger partial charge < -0.3 is 19.9 Å². The average molecular weight is 516 g/mol. The average Bonchev–Trinajstić information content (AvgIpc) is 3.47. The third kappa shape index (κ3) is 4.49. The van der Waals surface area contributed by atoms with Gasteiger partial charge in [0.05, 0.1) is 23.3 Å². The summed E-state index contributed by atoms with van der Waals surface area (Å²) in [7, 11) is 0. The van der Waals surface area contributed by atoms with E-state index in [0.29, 0.717) is 36.3 Å². The molecular formula is C27H29N7O4. The first-order chi connectivity index (χ1) is 18.2. The summed E-state index contributed by atoms with van der Waals surface area (Å²) >= 11 is 0. The highest BCUT2D eigenvalue weighted by molar-refractivity contribution is 5.98. The summed E-state index contributed by atoms with van der Waals surface area (Å²) in [5.41, 5.74) is 7.43. The van der Waals surface area contributed by atoms with Crippen molar-refractivity contribution in [1.29, 1.82) is 0 Å². The van der Waals surface area contributed by atoms with Crippen molar-refractivity contribution in [2.45, 2.75) is 64.1 Å². The molecule has 11 nitrogen and oxygen atoms in total. The molecule has 3 N–H and O–H groups in total. The first-order valence-corrected chi connectivity index (χ1v) is 12.7. The number of fused-ring (bicyclic) bond motifs is 2. The Kier molecular flexibility index (Phi) is 5.68. The number of anilines is 1. The summed E-state index contributed by atoms with van der Waals surface area (Å²) in [5.74, 6) is 2.54. The normalized spacial score (nSPS) is 17.4. The number of amides is 2. The molecule has 0 radical (unpaired) electrons. The highest BCUT2D eigenvalue weighted by Crippen LogP contribution is 2.40. The van der Waals surface area contributed by atoms with E-state index in [9.17, 15) is 9.59 Å². The SMILES string of the molecule is C[C@H]1Cc2c(ncnc2Oc2ccc3c(ccn3C(=O)Nc3cc(C4CC4)on3)c2)CN1C(=O)C(C)(C)N. The van der Waals surface area contributed by atoms with Crippen LogP contribution in [0.5, 0.6) is 11.6 Å². The van der Waals surface area contributed by atoms with Gasteiger partial charge in [0, 0.05) is 35.2 Å². The number of hydrogen-bond acceptors (Lipinski definition) is 8. The van der Waals surface area contributed by atoms with Crippen molar-refractivity contribution >= 4 is 28.7 Å². The highest BCUT2D eigenvalue weighted by atomic mass is 16.5. The monoisotopic (exact) mass is 515 g/mol. The van der Waals surface area contributed by atoms with E-state index in [1.54, 1.807) is 37.1 Å². The summed E-state index contributed by atoms with van der Waals surface area (Å²) in [6, 6.07) is 8.68. The van der Waals surface area contributed by atoms with Crippen molar-refractivity contribution in [2.75, 3.05) is 5.32 Å². The summed E-state index contributed by atoms with van der Waals surface area (Å²) in [4.78, 5) is 36.2. The van der Waals surface area contributed by atoms with Gasteiger partial charge in [-0.25, -0.2) is 14.8 Å². The quantitative estimate of drug-likeness (QED) is 0.403. The van der Waals surface area contributed by atoms with E-state index >= 15 is 0 Å². The molecule has 1 aromatic carbocycles. The van der Waals surface area contributed by atoms with Gasteiger partial charge in [-0.2, -0.15) is 0 Å². The fourth-order valence-electron chi connectivity index (χ4n) is 4.78. The summed E-state index contributed by atoms with van der Waals surface area (Å²) in [5, 5.41) is 7.57. The largest absolute Gasteiger partial charge is 0.439 e. The van der Waals surface area contributed by atoms with Gasteiger partial charge in [0.15, 0.2) is 5.82 Å². The number of ether oxygens (including phenoxy) is 1. The molecule has 0 bridgehead atoms. The zero-order chi connectivity index (χ0) is 26.6. The van der Waals surface area contributed by atoms with Gasteiger partial charge in [-0.15, -0.1) is 0 Å². The van der Waals surface area contributed by atoms with Crippen LogP contribution >= 0.6 is 0 Å². The Hall–Kier alpha value is -4.25. The maximum absolute atomic E-state index is 12.9. The molecule has 0 unspecified atom stereocenters. The minimum absolute atomic E-state index is 0.0775. The Balaban J connectivity index is 1.20. The Morgan fingerprint density at radius 3 is 2.76 bits per heavy atom. The van der Waals surface area contributed by atoms with Gasteiger partial charge in [0.2, 0.25) is 11.8 Å². The number of nitrogens with two attached hydrogens (primary N) is 1. The van der Waals surface area contributed by atoms with Gasteiger partial charge in [-0.05, 0) is 64.3 Å². The standard InChI is InChI=1S/C27H29N7O4/c1-15-10-19-20(13-34(15)25(35)27(2,3)28)29-14-30-24(19)37-18-6-7-21-17(11-18)8-9-33(21)26(36)31-23-12-22(38-32-23)16-4-5-16/h6-9,11-12,14-16H,4-5,10,13,28H2,1-3H3,(H,31,32,36)/t15-/m0/s1. The molecule has 1 aliphatic carbocycles. The number of nitrogens with zero attached hydrogens (tertiary/aromatic N) is 5. The van der Waals surface area contributed by atoms with Crippen LogP contribution in [0.15, 0.2) is 47.4 Å². The van der Waals surface area contributed by atoms with Crippen LogP contribution in [0.1, 0.15) is 56.5 Å². The lowest BCUT2D eigenvalue weighted by Crippen LogP contribution is -2.55. The molecule has 1 aliphatic heterocycles. The van der Waals surface area contributed by atoms with Crippen molar-refractivity contribution in [3.63, 3.8) is 0 Å². The summed E-state index contributed by atoms with van der Waals surface area (Å²) in [6.45, 7) is 5.74. The van der Waals surface area contributed by atoms with Crippen molar-refractivity contribution in [3.05, 3.63) is 59.9 Å². The number of carbonyl (C=O) groups is 2. The third-order valence-corrected chi connectivity index (χ3v) is 7.00. The fraction of sp³-hybridized carbons (Fsp3) is 0.370. The second-order valence-corrected chi connectivity index (χ2v) is 10.6. The second-order valence-electron chi connectivity index (χ2n) is 10.6. The number of rotatable bonds is 5. The molecule has 2 amide bonds. The Labute approximate surface area is 219 Å². The predicted octanol–water partition coefficient (Wildman–Crippen LogP) is 4.18. The lowest BCUT2D eigenvalue weighted by molar-refractivity contribution is -0.139. The van der Waals surface area contributed by atoms with Crippen molar-refractivity contribution in [2.24, 2.45) is 5.73 Å². The van der Waals surface area contributed by atoms with E-state index in [-0.39, 0.29) is 18.0 Å². The van der Waals surface area contributed by atoms with Gasteiger partial charge in [-0.3, -0.25) is 14.7 Å². The number of aromatic nitrogens is 4. The molecule has 1 fully saturated rings. The molecule has 3 aromatic heterocycles. The lowest BCUT2D eigenvalue weighted by Gasteiger charge is -2.37. The van der Waals surface area contributed by atoms with Gasteiger partial charge in [-0.1, -0.05) is 5.16 Å². The summed E-state index contributed by atoms with van der Waals surface area (Å²) in [6.07, 6.45) is 5.88. The fourth-order valence-corrected chi connectivity index (χ4v) is 4.78. The van der Waals surface area contributed by atoms with E-state index < -0.39 is 5.54 Å². The molecule has 0 saturated heterocycles. The van der Waals surface area contributed by atoms with Crippen LogP contribution in [-0.4, -0.2) is 48.1 Å². The van der Waals surface area contributed by atoms with Gasteiger partial charge >= 0.3 is 6.03 Å². The highest BCUT2D eigenvalue weighted by Gasteiger charge is 2.36. The van der Waals surface area contributed by atoms with Crippen LogP contribution in [0.4, 0.5) is 10.6 Å². The molecule has 4 aromatic rings. The van der Waals surface area contributed by atoms with E-state index in [1.807, 2.05) is 25.1 Å². The van der Waals surface area contributed by atoms with Crippen LogP contribution in [0.25, 0.3) is 10.9 Å². The van der Waals surface area contributed by atoms with Crippen LogP contribution in [0, 0.1) is 0 Å². The minimum atomic E-state index is -0.963. The smallest absolute Gasteiger partial charge is 0.331 e. The number of nitrogens with one attached hydrogen (secondary N) is 1. The van der Waals surface area contributed by atoms with E-state index in [1.165, 1.54) is 10.9 Å². The first-order valence-electron chi connectivity index (χ1n) is 12.7. The Morgan fingerprint density at radius 1 is 1.18 bits per heavy atom. The zero-order valence-corrected chi connectivity index (χ0v) is 21.5. The molecule has 196 valence electrons. The molecule has 4 heterocycles. The molecule has 38 heavy (non-hydrogen) atoms. The Bertz CT molecular complexity index is 1550. The number of hydrogen-bond donors (Lipinski definition) is 2. The van der Waals surface area contributed by atoms with Crippen molar-refractivity contribution < 1.29 is 18.8 Å². The minimum Gasteiger partial charge on any atom is -0.439 e. The first kappa shape index (κ1) is 24.1. The predicted molar refractivity (Wildman–Crippen MR) is 139 cm³/mol. The molecule has 1 atom stereocenters. The maximum atomic E-state index is 12.9. The molecule has 1 saturated carbocycles. The Morgan fingerprint density at radius 2 is 2.00 bits per heavy atom. The molecule has 2 aliphatic rings. The molecular weight excluding hydrogens is 486 g/mol. The number of carbonyl (C=O) groups excluding carboxylic acids is 2. The third-order valence-electron chi connectivity index (χ3n) is 7.00. The maximum Gasteiger partial charge on any atom is 0.331 e. The molecule has 11 heteroatoms. The van der Waals surface area contributed by atoms with Crippen LogP contribution in [0.3, 0.4) is 0 Å². The van der Waals surface area contributed by atoms with Crippen molar-refractivity contribution in [3.8, 4) is 11.6 Å². The zero-order valence-electron chi connectivity index (χ0n) is 21.5.